The van der Waals surface area contributed by atoms with Gasteiger partial charge in [-0.05, 0) is 37.3 Å². The number of benzene rings is 2. The minimum Gasteiger partial charge on any atom is -0.493 e. The molecule has 33 heavy (non-hydrogen) atoms. The second kappa shape index (κ2) is 10.5. The summed E-state index contributed by atoms with van der Waals surface area (Å²) in [5.74, 6) is -0.992. The maximum Gasteiger partial charge on any atom is 0.324 e. The Kier molecular flexibility index (Phi) is 7.67. The Morgan fingerprint density at radius 3 is 2.52 bits per heavy atom. The zero-order valence-corrected chi connectivity index (χ0v) is 19.0. The van der Waals surface area contributed by atoms with Crippen molar-refractivity contribution in [1.29, 1.82) is 0 Å². The van der Waals surface area contributed by atoms with Crippen molar-refractivity contribution in [3.63, 3.8) is 0 Å². The van der Waals surface area contributed by atoms with Crippen LogP contribution < -0.4 is 20.1 Å². The van der Waals surface area contributed by atoms with E-state index >= 15 is 0 Å². The molecule has 1 heterocycles. The van der Waals surface area contributed by atoms with Gasteiger partial charge in [0, 0.05) is 24.6 Å². The van der Waals surface area contributed by atoms with Gasteiger partial charge in [0.15, 0.2) is 6.61 Å². The largest absolute Gasteiger partial charge is 0.493 e. The molecule has 0 aliphatic carbocycles. The number of anilines is 1. The lowest BCUT2D eigenvalue weighted by Crippen LogP contribution is -2.41. The van der Waals surface area contributed by atoms with E-state index in [1.165, 1.54) is 38.1 Å². The van der Waals surface area contributed by atoms with Gasteiger partial charge in [0.2, 0.25) is 15.9 Å². The molecule has 0 bridgehead atoms. The van der Waals surface area contributed by atoms with Gasteiger partial charge in [0.1, 0.15) is 11.8 Å². The lowest BCUT2D eigenvalue weighted by molar-refractivity contribution is -0.150. The average molecular weight is 476 g/mol. The van der Waals surface area contributed by atoms with Crippen molar-refractivity contribution in [3.8, 4) is 5.75 Å². The third-order valence-electron chi connectivity index (χ3n) is 4.81. The third-order valence-corrected chi connectivity index (χ3v) is 6.37. The van der Waals surface area contributed by atoms with Crippen LogP contribution in [0.25, 0.3) is 0 Å². The average Bonchev–Trinajstić information content (AvgIpc) is 2.77. The molecule has 11 heteroatoms. The first-order valence-corrected chi connectivity index (χ1v) is 11.7. The highest BCUT2D eigenvalue weighted by molar-refractivity contribution is 7.89. The summed E-state index contributed by atoms with van der Waals surface area (Å²) in [6.45, 7) is 2.56. The van der Waals surface area contributed by atoms with E-state index in [4.69, 9.17) is 9.47 Å². The van der Waals surface area contributed by atoms with Crippen LogP contribution in [0.4, 0.5) is 5.69 Å². The fraction of sp³-hybridized carbons (Fsp3) is 0.318. The van der Waals surface area contributed by atoms with Crippen LogP contribution in [0.5, 0.6) is 5.75 Å². The van der Waals surface area contributed by atoms with Gasteiger partial charge in [-0.3, -0.25) is 14.4 Å². The number of amides is 2. The Hall–Kier alpha value is -3.44. The molecule has 0 saturated carbocycles. The van der Waals surface area contributed by atoms with Crippen molar-refractivity contribution in [2.75, 3.05) is 18.5 Å². The minimum absolute atomic E-state index is 0.0906. The number of para-hydroxylation sites is 1. The van der Waals surface area contributed by atoms with Crippen LogP contribution in [0.1, 0.15) is 31.9 Å². The number of nitrogens with one attached hydrogen (secondary N) is 3. The summed E-state index contributed by atoms with van der Waals surface area (Å²) >= 11 is 0. The van der Waals surface area contributed by atoms with Crippen LogP contribution in [0.15, 0.2) is 53.4 Å². The first kappa shape index (κ1) is 24.2. The summed E-state index contributed by atoms with van der Waals surface area (Å²) in [5, 5.41) is 5.33. The third kappa shape index (κ3) is 6.53. The second-order valence-corrected chi connectivity index (χ2v) is 9.17. The molecule has 0 radical (unpaired) electrons. The van der Waals surface area contributed by atoms with E-state index in [0.717, 1.165) is 5.56 Å². The molecular weight excluding hydrogens is 450 g/mol. The number of fused-ring (bicyclic) bond motifs is 1. The number of hydrogen-bond donors (Lipinski definition) is 3. The molecular formula is C22H25N3O7S. The molecule has 2 aromatic carbocycles. The van der Waals surface area contributed by atoms with Gasteiger partial charge >= 0.3 is 5.97 Å². The molecule has 2 amide bonds. The van der Waals surface area contributed by atoms with E-state index in [-0.39, 0.29) is 16.8 Å². The summed E-state index contributed by atoms with van der Waals surface area (Å²) in [6, 6.07) is 11.3. The summed E-state index contributed by atoms with van der Waals surface area (Å²) in [4.78, 5) is 35.5. The monoisotopic (exact) mass is 475 g/mol. The van der Waals surface area contributed by atoms with E-state index in [1.54, 1.807) is 0 Å². The van der Waals surface area contributed by atoms with E-state index in [9.17, 15) is 22.8 Å². The Labute approximate surface area is 191 Å². The summed E-state index contributed by atoms with van der Waals surface area (Å²) in [6.07, 6.45) is 0.577. The summed E-state index contributed by atoms with van der Waals surface area (Å²) < 4.78 is 37.7. The van der Waals surface area contributed by atoms with Crippen molar-refractivity contribution >= 4 is 33.5 Å². The summed E-state index contributed by atoms with van der Waals surface area (Å²) in [5.41, 5.74) is 1.28. The lowest BCUT2D eigenvalue weighted by atomic mass is 10.0. The van der Waals surface area contributed by atoms with Crippen LogP contribution in [0.3, 0.4) is 0 Å². The maximum atomic E-state index is 12.5. The lowest BCUT2D eigenvalue weighted by Gasteiger charge is -2.26. The fourth-order valence-electron chi connectivity index (χ4n) is 3.26. The Bertz CT molecular complexity index is 1130. The SMILES string of the molecule is CC(=O)Nc1ccc(S(=O)(=O)N[C@@H](C)C(=O)OCC(=O)N[C@H]2CCOc3ccccc32)cc1. The standard InChI is InChI=1S/C22H25N3O7S/c1-14(25-33(29,30)17-9-7-16(8-10-17)23-15(2)26)22(28)32-13-21(27)24-19-11-12-31-20-6-4-3-5-18(19)20/h3-10,14,19,25H,11-13H2,1-2H3,(H,23,26)(H,24,27)/t14-,19-/m0/s1. The van der Waals surface area contributed by atoms with E-state index in [0.29, 0.717) is 24.5 Å². The van der Waals surface area contributed by atoms with Crippen LogP contribution in [-0.4, -0.2) is 45.5 Å². The van der Waals surface area contributed by atoms with Crippen LogP contribution in [0.2, 0.25) is 0 Å². The number of hydrogen-bond acceptors (Lipinski definition) is 7. The Morgan fingerprint density at radius 1 is 1.12 bits per heavy atom. The minimum atomic E-state index is -4.02. The fourth-order valence-corrected chi connectivity index (χ4v) is 4.45. The molecule has 0 spiro atoms. The number of esters is 1. The molecule has 3 N–H and O–H groups in total. The van der Waals surface area contributed by atoms with Gasteiger partial charge in [-0.1, -0.05) is 18.2 Å². The van der Waals surface area contributed by atoms with Gasteiger partial charge in [-0.2, -0.15) is 4.72 Å². The Morgan fingerprint density at radius 2 is 1.82 bits per heavy atom. The zero-order chi connectivity index (χ0) is 24.0. The molecule has 0 saturated heterocycles. The smallest absolute Gasteiger partial charge is 0.324 e. The normalized spacial score (nSPS) is 16.0. The van der Waals surface area contributed by atoms with Gasteiger partial charge in [-0.25, -0.2) is 8.42 Å². The highest BCUT2D eigenvalue weighted by Crippen LogP contribution is 2.31. The Balaban J connectivity index is 1.51. The highest BCUT2D eigenvalue weighted by Gasteiger charge is 2.26. The number of carbonyl (C=O) groups is 3. The number of ether oxygens (including phenoxy) is 2. The molecule has 2 aromatic rings. The predicted octanol–water partition coefficient (Wildman–Crippen LogP) is 1.49. The number of sulfonamides is 1. The molecule has 0 aromatic heterocycles. The first-order valence-electron chi connectivity index (χ1n) is 10.2. The van der Waals surface area contributed by atoms with Gasteiger partial charge in [0.05, 0.1) is 17.5 Å². The number of carbonyl (C=O) groups excluding carboxylic acids is 3. The van der Waals surface area contributed by atoms with Crippen LogP contribution in [-0.2, 0) is 29.1 Å². The molecule has 176 valence electrons. The van der Waals surface area contributed by atoms with Crippen molar-refractivity contribution in [3.05, 3.63) is 54.1 Å². The molecule has 10 nitrogen and oxygen atoms in total. The molecule has 2 atom stereocenters. The maximum absolute atomic E-state index is 12.5. The van der Waals surface area contributed by atoms with Gasteiger partial charge < -0.3 is 20.1 Å². The molecule has 3 rings (SSSR count). The second-order valence-electron chi connectivity index (χ2n) is 7.45. The van der Waals surface area contributed by atoms with Crippen molar-refractivity contribution in [2.45, 2.75) is 37.2 Å². The first-order chi connectivity index (χ1) is 15.7. The zero-order valence-electron chi connectivity index (χ0n) is 18.2. The molecule has 1 aliphatic heterocycles. The highest BCUT2D eigenvalue weighted by atomic mass is 32.2. The van der Waals surface area contributed by atoms with Crippen LogP contribution >= 0.6 is 0 Å². The number of rotatable bonds is 8. The predicted molar refractivity (Wildman–Crippen MR) is 119 cm³/mol. The van der Waals surface area contributed by atoms with Crippen molar-refractivity contribution < 1.29 is 32.3 Å². The summed E-state index contributed by atoms with van der Waals surface area (Å²) in [7, 11) is -4.02. The quantitative estimate of drug-likeness (QED) is 0.492. The van der Waals surface area contributed by atoms with Crippen molar-refractivity contribution in [1.82, 2.24) is 10.0 Å². The molecule has 0 unspecified atom stereocenters. The van der Waals surface area contributed by atoms with Crippen molar-refractivity contribution in [2.24, 2.45) is 0 Å². The van der Waals surface area contributed by atoms with E-state index in [2.05, 4.69) is 15.4 Å². The molecule has 1 aliphatic rings. The molecule has 0 fully saturated rings. The van der Waals surface area contributed by atoms with Gasteiger partial charge in [0.25, 0.3) is 5.91 Å². The van der Waals surface area contributed by atoms with E-state index in [1.807, 2.05) is 24.3 Å². The van der Waals surface area contributed by atoms with Crippen LogP contribution in [0, 0.1) is 0 Å². The van der Waals surface area contributed by atoms with Gasteiger partial charge in [-0.15, -0.1) is 0 Å². The van der Waals surface area contributed by atoms with E-state index < -0.39 is 34.5 Å². The topological polar surface area (TPSA) is 140 Å².